The average Bonchev–Trinajstić information content (AvgIpc) is 2.84. The minimum absolute atomic E-state index is 0.0697. The summed E-state index contributed by atoms with van der Waals surface area (Å²) >= 11 is 0.855. The van der Waals surface area contributed by atoms with Gasteiger partial charge in [0.05, 0.1) is 17.2 Å². The lowest BCUT2D eigenvalue weighted by Gasteiger charge is -2.17. The molecule has 96 valence electrons. The van der Waals surface area contributed by atoms with Gasteiger partial charge in [0.2, 0.25) is 0 Å². The molecule has 0 spiro atoms. The number of alkyl halides is 2. The molecule has 1 heterocycles. The summed E-state index contributed by atoms with van der Waals surface area (Å²) in [4.78, 5) is 3.95. The largest absolute Gasteiger partial charge is 0.399 e. The summed E-state index contributed by atoms with van der Waals surface area (Å²) in [5.74, 6) is -4.43. The van der Waals surface area contributed by atoms with Crippen LogP contribution in [0.1, 0.15) is 11.6 Å². The van der Waals surface area contributed by atoms with E-state index >= 15 is 0 Å². The van der Waals surface area contributed by atoms with Crippen LogP contribution in [0.15, 0.2) is 23.2 Å². The van der Waals surface area contributed by atoms with Crippen molar-refractivity contribution in [3.8, 4) is 0 Å². The maximum atomic E-state index is 13.7. The number of rotatable bonds is 1. The van der Waals surface area contributed by atoms with E-state index in [1.165, 1.54) is 12.1 Å². The minimum atomic E-state index is -2.85. The lowest BCUT2D eigenvalue weighted by Crippen LogP contribution is -2.17. The number of halogens is 3. The Morgan fingerprint density at radius 2 is 2.00 bits per heavy atom. The summed E-state index contributed by atoms with van der Waals surface area (Å²) in [6.07, 6.45) is 0. The molecule has 1 aliphatic heterocycles. The van der Waals surface area contributed by atoms with Crippen LogP contribution >= 0.6 is 11.8 Å². The SMILES string of the molecule is NC1=NC(c2cc(N)ccc2F)C2C(S1)C2(F)F. The predicted octanol–water partition coefficient (Wildman–Crippen LogP) is 2.14. The molecule has 3 atom stereocenters. The van der Waals surface area contributed by atoms with Crippen LogP contribution in [0.5, 0.6) is 0 Å². The maximum Gasteiger partial charge on any atom is 0.267 e. The number of benzene rings is 1. The van der Waals surface area contributed by atoms with Crippen molar-refractivity contribution in [3.05, 3.63) is 29.6 Å². The molecule has 4 N–H and O–H groups in total. The molecular formula is C11H10F3N3S. The fourth-order valence-corrected chi connectivity index (χ4v) is 3.43. The highest BCUT2D eigenvalue weighted by atomic mass is 32.2. The molecule has 0 saturated heterocycles. The van der Waals surface area contributed by atoms with Gasteiger partial charge >= 0.3 is 0 Å². The van der Waals surface area contributed by atoms with Gasteiger partial charge in [-0.15, -0.1) is 0 Å². The molecule has 18 heavy (non-hydrogen) atoms. The Hall–Kier alpha value is -1.37. The van der Waals surface area contributed by atoms with Crippen molar-refractivity contribution in [2.75, 3.05) is 5.73 Å². The third-order valence-electron chi connectivity index (χ3n) is 3.23. The first-order chi connectivity index (χ1) is 8.41. The third kappa shape index (κ3) is 1.57. The molecular weight excluding hydrogens is 263 g/mol. The lowest BCUT2D eigenvalue weighted by molar-refractivity contribution is 0.0949. The van der Waals surface area contributed by atoms with Crippen molar-refractivity contribution < 1.29 is 13.2 Å². The first kappa shape index (κ1) is 11.7. The molecule has 0 amide bonds. The Morgan fingerprint density at radius 3 is 2.72 bits per heavy atom. The number of nitrogens with zero attached hydrogens (tertiary/aromatic N) is 1. The zero-order valence-electron chi connectivity index (χ0n) is 9.11. The normalized spacial score (nSPS) is 32.6. The van der Waals surface area contributed by atoms with Crippen LogP contribution in [0.3, 0.4) is 0 Å². The molecule has 1 fully saturated rings. The van der Waals surface area contributed by atoms with Gasteiger partial charge in [0, 0.05) is 11.3 Å². The molecule has 3 nitrogen and oxygen atoms in total. The highest BCUT2D eigenvalue weighted by Gasteiger charge is 2.73. The van der Waals surface area contributed by atoms with E-state index in [1.54, 1.807) is 0 Å². The zero-order valence-corrected chi connectivity index (χ0v) is 9.92. The summed E-state index contributed by atoms with van der Waals surface area (Å²) in [5, 5.41) is -0.832. The van der Waals surface area contributed by atoms with Crippen LogP contribution in [0.25, 0.3) is 0 Å². The second-order valence-electron chi connectivity index (χ2n) is 4.43. The van der Waals surface area contributed by atoms with Crippen LogP contribution in [0, 0.1) is 11.7 Å². The average molecular weight is 273 g/mol. The Kier molecular flexibility index (Phi) is 2.32. The van der Waals surface area contributed by atoms with Gasteiger partial charge in [-0.1, -0.05) is 11.8 Å². The fraction of sp³-hybridized carbons (Fsp3) is 0.364. The van der Waals surface area contributed by atoms with Crippen molar-refractivity contribution in [1.82, 2.24) is 0 Å². The number of aliphatic imine (C=N–C) groups is 1. The summed E-state index contributed by atoms with van der Waals surface area (Å²) in [6.45, 7) is 0. The maximum absolute atomic E-state index is 13.7. The van der Waals surface area contributed by atoms with Crippen LogP contribution < -0.4 is 11.5 Å². The first-order valence-corrected chi connectivity index (χ1v) is 6.22. The van der Waals surface area contributed by atoms with E-state index in [0.717, 1.165) is 17.8 Å². The van der Waals surface area contributed by atoms with E-state index in [9.17, 15) is 13.2 Å². The number of nitrogens with two attached hydrogens (primary N) is 2. The van der Waals surface area contributed by atoms with E-state index < -0.39 is 28.9 Å². The van der Waals surface area contributed by atoms with Crippen molar-refractivity contribution in [1.29, 1.82) is 0 Å². The van der Waals surface area contributed by atoms with Gasteiger partial charge in [0.1, 0.15) is 5.82 Å². The number of nitrogen functional groups attached to an aromatic ring is 1. The summed E-state index contributed by atoms with van der Waals surface area (Å²) in [7, 11) is 0. The molecule has 3 rings (SSSR count). The van der Waals surface area contributed by atoms with Gasteiger partial charge in [0.15, 0.2) is 5.17 Å². The van der Waals surface area contributed by atoms with E-state index in [0.29, 0.717) is 5.69 Å². The standard InChI is InChI=1S/C11H10F3N3S/c12-6-2-1-4(15)3-5(6)8-7-9(11(7,13)14)18-10(16)17-8/h1-3,7-9H,15H2,(H2,16,17). The summed E-state index contributed by atoms with van der Waals surface area (Å²) < 4.78 is 40.8. The van der Waals surface area contributed by atoms with E-state index in [2.05, 4.69) is 4.99 Å². The van der Waals surface area contributed by atoms with Crippen LogP contribution in [0.4, 0.5) is 18.9 Å². The third-order valence-corrected chi connectivity index (χ3v) is 4.44. The molecule has 0 bridgehead atoms. The number of hydrogen-bond acceptors (Lipinski definition) is 4. The van der Waals surface area contributed by atoms with Gasteiger partial charge in [-0.3, -0.25) is 4.99 Å². The Bertz CT molecular complexity index is 546. The van der Waals surface area contributed by atoms with Gasteiger partial charge in [-0.05, 0) is 18.2 Å². The number of anilines is 1. The Balaban J connectivity index is 2.05. The van der Waals surface area contributed by atoms with Gasteiger partial charge in [0.25, 0.3) is 5.92 Å². The van der Waals surface area contributed by atoms with Crippen LogP contribution in [-0.4, -0.2) is 16.3 Å². The molecule has 3 unspecified atom stereocenters. The Morgan fingerprint density at radius 1 is 1.28 bits per heavy atom. The van der Waals surface area contributed by atoms with E-state index in [4.69, 9.17) is 11.5 Å². The highest BCUT2D eigenvalue weighted by Crippen LogP contribution is 2.64. The van der Waals surface area contributed by atoms with Gasteiger partial charge < -0.3 is 11.5 Å². The second kappa shape index (κ2) is 3.57. The monoisotopic (exact) mass is 273 g/mol. The molecule has 0 radical (unpaired) electrons. The predicted molar refractivity (Wildman–Crippen MR) is 65.0 cm³/mol. The van der Waals surface area contributed by atoms with Crippen molar-refractivity contribution in [2.45, 2.75) is 17.2 Å². The van der Waals surface area contributed by atoms with Crippen molar-refractivity contribution >= 4 is 22.6 Å². The Labute approximate surface area is 105 Å². The lowest BCUT2D eigenvalue weighted by atomic mass is 10.0. The second-order valence-corrected chi connectivity index (χ2v) is 5.59. The molecule has 1 aliphatic carbocycles. The van der Waals surface area contributed by atoms with Gasteiger partial charge in [-0.25, -0.2) is 13.2 Å². The summed E-state index contributed by atoms with van der Waals surface area (Å²) in [6, 6.07) is 2.94. The van der Waals surface area contributed by atoms with E-state index in [-0.39, 0.29) is 10.7 Å². The molecule has 1 aromatic carbocycles. The van der Waals surface area contributed by atoms with Crippen LogP contribution in [-0.2, 0) is 0 Å². The van der Waals surface area contributed by atoms with Gasteiger partial charge in [-0.2, -0.15) is 0 Å². The molecule has 1 saturated carbocycles. The number of hydrogen-bond donors (Lipinski definition) is 2. The molecule has 1 aromatic rings. The molecule has 2 aliphatic rings. The highest BCUT2D eigenvalue weighted by molar-refractivity contribution is 8.14. The molecule has 7 heteroatoms. The zero-order chi connectivity index (χ0) is 13.1. The van der Waals surface area contributed by atoms with Crippen molar-refractivity contribution in [3.63, 3.8) is 0 Å². The topological polar surface area (TPSA) is 64.4 Å². The number of fused-ring (bicyclic) bond motifs is 1. The number of thioether (sulfide) groups is 1. The van der Waals surface area contributed by atoms with Crippen molar-refractivity contribution in [2.24, 2.45) is 16.6 Å². The fourth-order valence-electron chi connectivity index (χ4n) is 2.28. The first-order valence-electron chi connectivity index (χ1n) is 5.34. The number of amidine groups is 1. The summed E-state index contributed by atoms with van der Waals surface area (Å²) in [5.41, 5.74) is 11.5. The quantitative estimate of drug-likeness (QED) is 0.770. The smallest absolute Gasteiger partial charge is 0.267 e. The molecule has 0 aromatic heterocycles. The van der Waals surface area contributed by atoms with E-state index in [1.807, 2.05) is 0 Å². The minimum Gasteiger partial charge on any atom is -0.399 e. The van der Waals surface area contributed by atoms with Crippen LogP contribution in [0.2, 0.25) is 0 Å².